The van der Waals surface area contributed by atoms with E-state index in [0.717, 1.165) is 29.7 Å². The van der Waals surface area contributed by atoms with Crippen LogP contribution in [-0.2, 0) is 22.6 Å². The third-order valence-electron chi connectivity index (χ3n) is 6.39. The Morgan fingerprint density at radius 1 is 1.00 bits per heavy atom. The summed E-state index contributed by atoms with van der Waals surface area (Å²) in [5, 5.41) is 2.95. The van der Waals surface area contributed by atoms with Crippen molar-refractivity contribution in [3.05, 3.63) is 59.2 Å². The zero-order valence-corrected chi connectivity index (χ0v) is 20.4. The summed E-state index contributed by atoms with van der Waals surface area (Å²) in [6.45, 7) is 6.65. The topological polar surface area (TPSA) is 88.2 Å². The standard InChI is InChI=1S/C27H33N3O5/c1-3-34-23-12-9-19(16-24(23)35-4-2)13-14-28-26(32)21-10-7-20(8-11-21)17-29-18-25(31)30-15-5-6-22(30)27(29)33/h7-12,16,22H,3-6,13-15,17-18H2,1-2H3,(H,28,32)/t22-/m0/s1. The summed E-state index contributed by atoms with van der Waals surface area (Å²) in [6, 6.07) is 12.7. The van der Waals surface area contributed by atoms with Crippen molar-refractivity contribution in [1.29, 1.82) is 0 Å². The SMILES string of the molecule is CCOc1ccc(CCNC(=O)c2ccc(CN3CC(=O)N4CCC[C@H]4C3=O)cc2)cc1OCC. The van der Waals surface area contributed by atoms with Crippen molar-refractivity contribution < 1.29 is 23.9 Å². The number of hydrogen-bond donors (Lipinski definition) is 1. The highest BCUT2D eigenvalue weighted by Crippen LogP contribution is 2.29. The number of piperazine rings is 1. The monoisotopic (exact) mass is 479 g/mol. The number of benzene rings is 2. The fraction of sp³-hybridized carbons (Fsp3) is 0.444. The lowest BCUT2D eigenvalue weighted by molar-refractivity contribution is -0.154. The maximum absolute atomic E-state index is 12.7. The second-order valence-electron chi connectivity index (χ2n) is 8.79. The van der Waals surface area contributed by atoms with E-state index < -0.39 is 0 Å². The van der Waals surface area contributed by atoms with E-state index in [0.29, 0.717) is 50.6 Å². The maximum Gasteiger partial charge on any atom is 0.251 e. The van der Waals surface area contributed by atoms with Crippen LogP contribution in [0.3, 0.4) is 0 Å². The molecule has 0 radical (unpaired) electrons. The van der Waals surface area contributed by atoms with Crippen molar-refractivity contribution in [3.63, 3.8) is 0 Å². The maximum atomic E-state index is 12.7. The molecule has 2 fully saturated rings. The second-order valence-corrected chi connectivity index (χ2v) is 8.79. The summed E-state index contributed by atoms with van der Waals surface area (Å²) in [6.07, 6.45) is 2.29. The van der Waals surface area contributed by atoms with Crippen LogP contribution in [0.1, 0.15) is 48.2 Å². The highest BCUT2D eigenvalue weighted by Gasteiger charge is 2.41. The lowest BCUT2D eigenvalue weighted by Gasteiger charge is -2.36. The number of rotatable bonds is 10. The Bertz CT molecular complexity index is 1070. The molecule has 2 aromatic carbocycles. The Morgan fingerprint density at radius 2 is 1.71 bits per heavy atom. The summed E-state index contributed by atoms with van der Waals surface area (Å²) >= 11 is 0. The molecule has 2 aliphatic rings. The van der Waals surface area contributed by atoms with Crippen LogP contribution in [0.5, 0.6) is 11.5 Å². The highest BCUT2D eigenvalue weighted by molar-refractivity contribution is 5.95. The van der Waals surface area contributed by atoms with Gasteiger partial charge in [-0.15, -0.1) is 0 Å². The first-order valence-corrected chi connectivity index (χ1v) is 12.3. The number of carbonyl (C=O) groups is 3. The first kappa shape index (κ1) is 24.6. The molecular weight excluding hydrogens is 446 g/mol. The molecule has 35 heavy (non-hydrogen) atoms. The minimum atomic E-state index is -0.304. The molecule has 2 aliphatic heterocycles. The van der Waals surface area contributed by atoms with Gasteiger partial charge in [0.1, 0.15) is 12.6 Å². The van der Waals surface area contributed by atoms with Gasteiger partial charge in [0.25, 0.3) is 5.91 Å². The average Bonchev–Trinajstić information content (AvgIpc) is 3.36. The van der Waals surface area contributed by atoms with E-state index in [-0.39, 0.29) is 30.3 Å². The van der Waals surface area contributed by atoms with Gasteiger partial charge in [0.2, 0.25) is 11.8 Å². The number of amides is 3. The summed E-state index contributed by atoms with van der Waals surface area (Å²) in [5.74, 6) is 1.31. The van der Waals surface area contributed by atoms with Crippen LogP contribution in [0.25, 0.3) is 0 Å². The van der Waals surface area contributed by atoms with Crippen LogP contribution in [0, 0.1) is 0 Å². The van der Waals surface area contributed by atoms with Crippen molar-refractivity contribution in [3.8, 4) is 11.5 Å². The molecule has 1 atom stereocenters. The van der Waals surface area contributed by atoms with Gasteiger partial charge in [-0.3, -0.25) is 14.4 Å². The van der Waals surface area contributed by atoms with E-state index in [9.17, 15) is 14.4 Å². The van der Waals surface area contributed by atoms with E-state index in [1.54, 1.807) is 21.9 Å². The molecule has 0 aliphatic carbocycles. The molecular formula is C27H33N3O5. The van der Waals surface area contributed by atoms with Crippen molar-refractivity contribution in [2.75, 3.05) is 32.8 Å². The van der Waals surface area contributed by atoms with Crippen LogP contribution >= 0.6 is 0 Å². The Morgan fingerprint density at radius 3 is 2.46 bits per heavy atom. The van der Waals surface area contributed by atoms with Gasteiger partial charge in [-0.25, -0.2) is 0 Å². The molecule has 0 aromatic heterocycles. The van der Waals surface area contributed by atoms with Gasteiger partial charge in [0, 0.05) is 25.2 Å². The van der Waals surface area contributed by atoms with Crippen LogP contribution in [0.15, 0.2) is 42.5 Å². The number of carbonyl (C=O) groups excluding carboxylic acids is 3. The van der Waals surface area contributed by atoms with Gasteiger partial charge in [-0.2, -0.15) is 0 Å². The Balaban J connectivity index is 1.29. The molecule has 0 unspecified atom stereocenters. The van der Waals surface area contributed by atoms with Crippen molar-refractivity contribution in [2.24, 2.45) is 0 Å². The van der Waals surface area contributed by atoms with Crippen LogP contribution in [-0.4, -0.2) is 66.4 Å². The molecule has 0 bridgehead atoms. The molecule has 4 rings (SSSR count). The lowest BCUT2D eigenvalue weighted by Crippen LogP contribution is -2.56. The zero-order chi connectivity index (χ0) is 24.8. The number of ether oxygens (including phenoxy) is 2. The first-order valence-electron chi connectivity index (χ1n) is 12.3. The van der Waals surface area contributed by atoms with E-state index in [4.69, 9.17) is 9.47 Å². The van der Waals surface area contributed by atoms with Gasteiger partial charge < -0.3 is 24.6 Å². The zero-order valence-electron chi connectivity index (χ0n) is 20.4. The smallest absolute Gasteiger partial charge is 0.251 e. The lowest BCUT2D eigenvalue weighted by atomic mass is 10.1. The fourth-order valence-corrected chi connectivity index (χ4v) is 4.65. The first-order chi connectivity index (χ1) is 17.0. The molecule has 2 aromatic rings. The molecule has 186 valence electrons. The number of nitrogens with one attached hydrogen (secondary N) is 1. The van der Waals surface area contributed by atoms with Gasteiger partial charge in [-0.05, 0) is 68.5 Å². The van der Waals surface area contributed by atoms with Crippen LogP contribution in [0.4, 0.5) is 0 Å². The molecule has 2 heterocycles. The molecule has 0 saturated carbocycles. The van der Waals surface area contributed by atoms with Gasteiger partial charge in [0.05, 0.1) is 13.2 Å². The summed E-state index contributed by atoms with van der Waals surface area (Å²) in [4.78, 5) is 41.0. The molecule has 2 saturated heterocycles. The minimum Gasteiger partial charge on any atom is -0.490 e. The number of fused-ring (bicyclic) bond motifs is 1. The second kappa shape index (κ2) is 11.3. The van der Waals surface area contributed by atoms with Crippen molar-refractivity contribution in [1.82, 2.24) is 15.1 Å². The van der Waals surface area contributed by atoms with Gasteiger partial charge in [0.15, 0.2) is 11.5 Å². The number of nitrogens with zero attached hydrogens (tertiary/aromatic N) is 2. The van der Waals surface area contributed by atoms with Crippen LogP contribution in [0.2, 0.25) is 0 Å². The molecule has 1 N–H and O–H groups in total. The van der Waals surface area contributed by atoms with E-state index in [2.05, 4.69) is 5.32 Å². The fourth-order valence-electron chi connectivity index (χ4n) is 4.65. The van der Waals surface area contributed by atoms with Gasteiger partial charge in [-0.1, -0.05) is 18.2 Å². The normalized spacial score (nSPS) is 17.4. The largest absolute Gasteiger partial charge is 0.490 e. The molecule has 0 spiro atoms. The average molecular weight is 480 g/mol. The molecule has 8 nitrogen and oxygen atoms in total. The minimum absolute atomic E-state index is 0.0176. The van der Waals surface area contributed by atoms with Crippen molar-refractivity contribution in [2.45, 2.75) is 45.7 Å². The highest BCUT2D eigenvalue weighted by atomic mass is 16.5. The molecule has 3 amide bonds. The summed E-state index contributed by atoms with van der Waals surface area (Å²) in [5.41, 5.74) is 2.50. The van der Waals surface area contributed by atoms with E-state index >= 15 is 0 Å². The Kier molecular flexibility index (Phi) is 7.90. The van der Waals surface area contributed by atoms with Crippen LogP contribution < -0.4 is 14.8 Å². The van der Waals surface area contributed by atoms with Crippen molar-refractivity contribution >= 4 is 17.7 Å². The molecule has 8 heteroatoms. The quantitative estimate of drug-likeness (QED) is 0.566. The Labute approximate surface area is 206 Å². The van der Waals surface area contributed by atoms with E-state index in [1.165, 1.54) is 0 Å². The number of hydrogen-bond acceptors (Lipinski definition) is 5. The third-order valence-corrected chi connectivity index (χ3v) is 6.39. The predicted octanol–water partition coefficient (Wildman–Crippen LogP) is 2.79. The predicted molar refractivity (Wildman–Crippen MR) is 131 cm³/mol. The van der Waals surface area contributed by atoms with Gasteiger partial charge >= 0.3 is 0 Å². The third kappa shape index (κ3) is 5.75. The summed E-state index contributed by atoms with van der Waals surface area (Å²) < 4.78 is 11.3. The van der Waals surface area contributed by atoms with E-state index in [1.807, 2.05) is 44.2 Å². The Hall–Kier alpha value is -3.55. The summed E-state index contributed by atoms with van der Waals surface area (Å²) in [7, 11) is 0.